The number of nitrogens with zero attached hydrogens (tertiary/aromatic N) is 3. The molecule has 1 aromatic heterocycles. The van der Waals surface area contributed by atoms with E-state index in [1.807, 2.05) is 12.1 Å². The normalized spacial score (nSPS) is 28.3. The third kappa shape index (κ3) is 4.29. The second-order valence-corrected chi connectivity index (χ2v) is 10.2. The molecule has 1 aliphatic carbocycles. The van der Waals surface area contributed by atoms with Crippen molar-refractivity contribution >= 4 is 40.8 Å². The number of piperazine rings is 1. The molecule has 1 aromatic rings. The van der Waals surface area contributed by atoms with E-state index in [0.717, 1.165) is 41.7 Å². The van der Waals surface area contributed by atoms with Gasteiger partial charge >= 0.3 is 6.03 Å². The van der Waals surface area contributed by atoms with Gasteiger partial charge in [0.1, 0.15) is 12.1 Å². The standard InChI is InChI=1S/C20H27ClN4O3S/c1-14-4-6-20(7-5-14)18(27)25(19(28)22-20)13-17(26)24-10-8-23(9-11-24)12-15-2-3-16(21)29-15/h2-3,14H,4-13H2,1H3,(H,22,28). The molecule has 1 spiro atoms. The fourth-order valence-corrected chi connectivity index (χ4v) is 5.59. The highest BCUT2D eigenvalue weighted by Crippen LogP contribution is 2.36. The average molecular weight is 439 g/mol. The summed E-state index contributed by atoms with van der Waals surface area (Å²) in [6, 6.07) is 3.51. The lowest BCUT2D eigenvalue weighted by Crippen LogP contribution is -2.52. The number of carbonyl (C=O) groups is 3. The Morgan fingerprint density at radius 2 is 1.90 bits per heavy atom. The van der Waals surface area contributed by atoms with Crippen molar-refractivity contribution in [3.8, 4) is 0 Å². The van der Waals surface area contributed by atoms with E-state index in [-0.39, 0.29) is 18.4 Å². The predicted octanol–water partition coefficient (Wildman–Crippen LogP) is 2.55. The number of hydrogen-bond donors (Lipinski definition) is 1. The van der Waals surface area contributed by atoms with Crippen LogP contribution in [0.5, 0.6) is 0 Å². The molecule has 0 unspecified atom stereocenters. The number of thiophene rings is 1. The molecule has 1 N–H and O–H groups in total. The van der Waals surface area contributed by atoms with Crippen molar-refractivity contribution < 1.29 is 14.4 Å². The van der Waals surface area contributed by atoms with Crippen molar-refractivity contribution in [2.24, 2.45) is 5.92 Å². The Balaban J connectivity index is 1.29. The first-order valence-electron chi connectivity index (χ1n) is 10.2. The molecule has 0 aromatic carbocycles. The van der Waals surface area contributed by atoms with Crippen LogP contribution >= 0.6 is 22.9 Å². The van der Waals surface area contributed by atoms with Gasteiger partial charge in [-0.3, -0.25) is 19.4 Å². The first-order valence-corrected chi connectivity index (χ1v) is 11.4. The van der Waals surface area contributed by atoms with Gasteiger partial charge in [-0.1, -0.05) is 18.5 Å². The summed E-state index contributed by atoms with van der Waals surface area (Å²) in [6.45, 7) is 5.57. The SMILES string of the molecule is CC1CCC2(CC1)NC(=O)N(CC(=O)N1CCN(Cc3ccc(Cl)s3)CC1)C2=O. The van der Waals surface area contributed by atoms with Crippen molar-refractivity contribution in [2.45, 2.75) is 44.7 Å². The minimum Gasteiger partial charge on any atom is -0.339 e. The van der Waals surface area contributed by atoms with Gasteiger partial charge in [0.05, 0.1) is 4.34 Å². The van der Waals surface area contributed by atoms with E-state index in [9.17, 15) is 14.4 Å². The zero-order valence-electron chi connectivity index (χ0n) is 16.7. The first-order chi connectivity index (χ1) is 13.9. The Morgan fingerprint density at radius 3 is 2.52 bits per heavy atom. The average Bonchev–Trinajstić information content (AvgIpc) is 3.21. The maximum atomic E-state index is 12.9. The molecular weight excluding hydrogens is 412 g/mol. The van der Waals surface area contributed by atoms with Crippen molar-refractivity contribution in [1.29, 1.82) is 0 Å². The van der Waals surface area contributed by atoms with Gasteiger partial charge < -0.3 is 10.2 Å². The van der Waals surface area contributed by atoms with Crippen LogP contribution in [0.1, 0.15) is 37.5 Å². The van der Waals surface area contributed by atoms with Crippen molar-refractivity contribution in [3.63, 3.8) is 0 Å². The van der Waals surface area contributed by atoms with Gasteiger partial charge in [-0.15, -0.1) is 11.3 Å². The highest BCUT2D eigenvalue weighted by molar-refractivity contribution is 7.16. The lowest BCUT2D eigenvalue weighted by molar-refractivity contribution is -0.140. The van der Waals surface area contributed by atoms with E-state index in [2.05, 4.69) is 17.1 Å². The highest BCUT2D eigenvalue weighted by atomic mass is 35.5. The number of hydrogen-bond acceptors (Lipinski definition) is 5. The van der Waals surface area contributed by atoms with Crippen LogP contribution in [0.2, 0.25) is 4.34 Å². The van der Waals surface area contributed by atoms with Gasteiger partial charge in [0.15, 0.2) is 0 Å². The molecule has 3 aliphatic rings. The number of amides is 4. The van der Waals surface area contributed by atoms with E-state index in [1.54, 1.807) is 16.2 Å². The summed E-state index contributed by atoms with van der Waals surface area (Å²) in [5.41, 5.74) is -0.787. The van der Waals surface area contributed by atoms with Gasteiger partial charge in [-0.25, -0.2) is 4.79 Å². The molecule has 0 bridgehead atoms. The monoisotopic (exact) mass is 438 g/mol. The Morgan fingerprint density at radius 1 is 1.21 bits per heavy atom. The quantitative estimate of drug-likeness (QED) is 0.733. The summed E-state index contributed by atoms with van der Waals surface area (Å²) in [7, 11) is 0. The third-order valence-corrected chi connectivity index (χ3v) is 7.62. The van der Waals surface area contributed by atoms with Gasteiger partial charge in [0.2, 0.25) is 5.91 Å². The lowest BCUT2D eigenvalue weighted by atomic mass is 9.77. The molecule has 158 valence electrons. The molecule has 9 heteroatoms. The fraction of sp³-hybridized carbons (Fsp3) is 0.650. The summed E-state index contributed by atoms with van der Waals surface area (Å²) in [5.74, 6) is 0.187. The van der Waals surface area contributed by atoms with Crippen LogP contribution in [0.3, 0.4) is 0 Å². The minimum absolute atomic E-state index is 0.159. The molecule has 2 saturated heterocycles. The summed E-state index contributed by atoms with van der Waals surface area (Å²) in [4.78, 5) is 44.5. The Hall–Kier alpha value is -1.64. The smallest absolute Gasteiger partial charge is 0.325 e. The maximum Gasteiger partial charge on any atom is 0.325 e. The minimum atomic E-state index is -0.787. The molecule has 0 radical (unpaired) electrons. The molecular formula is C20H27ClN4O3S. The second kappa shape index (κ2) is 8.24. The zero-order valence-corrected chi connectivity index (χ0v) is 18.2. The van der Waals surface area contributed by atoms with Crippen molar-refractivity contribution in [3.05, 3.63) is 21.3 Å². The fourth-order valence-electron chi connectivity index (χ4n) is 4.46. The third-order valence-electron chi connectivity index (χ3n) is 6.40. The largest absolute Gasteiger partial charge is 0.339 e. The van der Waals surface area contributed by atoms with Crippen LogP contribution in [0.15, 0.2) is 12.1 Å². The van der Waals surface area contributed by atoms with Gasteiger partial charge in [-0.05, 0) is 43.7 Å². The van der Waals surface area contributed by atoms with Crippen LogP contribution in [0.4, 0.5) is 4.79 Å². The van der Waals surface area contributed by atoms with Gasteiger partial charge in [-0.2, -0.15) is 0 Å². The number of rotatable bonds is 4. The van der Waals surface area contributed by atoms with Crippen LogP contribution in [0.25, 0.3) is 0 Å². The van der Waals surface area contributed by atoms with Crippen LogP contribution in [-0.4, -0.2) is 70.8 Å². The molecule has 2 aliphatic heterocycles. The topological polar surface area (TPSA) is 73.0 Å². The number of urea groups is 1. The van der Waals surface area contributed by atoms with E-state index < -0.39 is 11.6 Å². The van der Waals surface area contributed by atoms with E-state index in [4.69, 9.17) is 11.6 Å². The van der Waals surface area contributed by atoms with Crippen molar-refractivity contribution in [1.82, 2.24) is 20.0 Å². The van der Waals surface area contributed by atoms with Crippen LogP contribution in [0, 0.1) is 5.92 Å². The molecule has 7 nitrogen and oxygen atoms in total. The molecule has 3 fully saturated rings. The molecule has 0 atom stereocenters. The summed E-state index contributed by atoms with van der Waals surface area (Å²) in [6.07, 6.45) is 3.17. The highest BCUT2D eigenvalue weighted by Gasteiger charge is 2.52. The van der Waals surface area contributed by atoms with E-state index >= 15 is 0 Å². The van der Waals surface area contributed by atoms with E-state index in [0.29, 0.717) is 31.8 Å². The number of nitrogens with one attached hydrogen (secondary N) is 1. The second-order valence-electron chi connectivity index (χ2n) is 8.45. The number of halogens is 1. The molecule has 29 heavy (non-hydrogen) atoms. The Bertz CT molecular complexity index is 797. The number of carbonyl (C=O) groups excluding carboxylic acids is 3. The molecule has 4 rings (SSSR count). The van der Waals surface area contributed by atoms with Gasteiger partial charge in [0, 0.05) is 37.6 Å². The summed E-state index contributed by atoms with van der Waals surface area (Å²) >= 11 is 7.57. The summed E-state index contributed by atoms with van der Waals surface area (Å²) in [5, 5.41) is 2.88. The summed E-state index contributed by atoms with van der Waals surface area (Å²) < 4.78 is 0.785. The molecule has 1 saturated carbocycles. The van der Waals surface area contributed by atoms with Crippen molar-refractivity contribution in [2.75, 3.05) is 32.7 Å². The Kier molecular flexibility index (Phi) is 5.86. The predicted molar refractivity (Wildman–Crippen MR) is 112 cm³/mol. The maximum absolute atomic E-state index is 12.9. The zero-order chi connectivity index (χ0) is 20.6. The molecule has 3 heterocycles. The van der Waals surface area contributed by atoms with Crippen LogP contribution in [-0.2, 0) is 16.1 Å². The van der Waals surface area contributed by atoms with Gasteiger partial charge in [0.25, 0.3) is 5.91 Å². The first kappa shape index (κ1) is 20.6. The van der Waals surface area contributed by atoms with E-state index in [1.165, 1.54) is 4.88 Å². The molecule has 4 amide bonds. The Labute approximate surface area is 180 Å². The lowest BCUT2D eigenvalue weighted by Gasteiger charge is -2.35. The van der Waals surface area contributed by atoms with Crippen LogP contribution < -0.4 is 5.32 Å². The number of imide groups is 1.